The number of benzene rings is 5. The predicted molar refractivity (Wildman–Crippen MR) is 207 cm³/mol. The third-order valence-electron chi connectivity index (χ3n) is 9.59. The molecule has 246 valence electrons. The molecule has 1 aliphatic heterocycles. The first-order valence-corrected chi connectivity index (χ1v) is 17.7. The van der Waals surface area contributed by atoms with E-state index in [2.05, 4.69) is 204 Å². The number of hydrogen-bond donors (Lipinski definition) is 0. The van der Waals surface area contributed by atoms with E-state index in [0.717, 1.165) is 17.1 Å². The Kier molecular flexibility index (Phi) is 9.78. The van der Waals surface area contributed by atoms with Crippen LogP contribution in [0.4, 0.5) is 28.4 Å². The van der Waals surface area contributed by atoms with Gasteiger partial charge in [0.1, 0.15) is 6.17 Å². The highest BCUT2D eigenvalue weighted by molar-refractivity contribution is 5.77. The summed E-state index contributed by atoms with van der Waals surface area (Å²) < 4.78 is 0. The summed E-state index contributed by atoms with van der Waals surface area (Å²) in [7, 11) is 0. The molecule has 0 bridgehead atoms. The normalized spacial score (nSPS) is 13.5. The second-order valence-corrected chi connectivity index (χ2v) is 14.3. The van der Waals surface area contributed by atoms with Crippen molar-refractivity contribution >= 4 is 28.4 Å². The Morgan fingerprint density at radius 3 is 1.06 bits per heavy atom. The average Bonchev–Trinajstić information content (AvgIpc) is 3.53. The minimum absolute atomic E-state index is 0.0456. The monoisotopic (exact) mass is 633 g/mol. The summed E-state index contributed by atoms with van der Waals surface area (Å²) >= 11 is 0. The zero-order valence-electron chi connectivity index (χ0n) is 29.9. The van der Waals surface area contributed by atoms with Crippen molar-refractivity contribution in [2.45, 2.75) is 85.2 Å². The first-order valence-electron chi connectivity index (χ1n) is 17.7. The highest BCUT2D eigenvalue weighted by Gasteiger charge is 2.36. The first kappa shape index (κ1) is 33.2. The van der Waals surface area contributed by atoms with Gasteiger partial charge in [-0.15, -0.1) is 0 Å². The van der Waals surface area contributed by atoms with E-state index >= 15 is 0 Å². The molecule has 1 aliphatic rings. The molecule has 1 heterocycles. The zero-order valence-corrected chi connectivity index (χ0v) is 29.9. The summed E-state index contributed by atoms with van der Waals surface area (Å²) in [6.07, 6.45) is 4.61. The third kappa shape index (κ3) is 6.39. The van der Waals surface area contributed by atoms with E-state index < -0.39 is 0 Å². The second-order valence-electron chi connectivity index (χ2n) is 14.3. The van der Waals surface area contributed by atoms with E-state index in [-0.39, 0.29) is 6.17 Å². The topological polar surface area (TPSA) is 9.72 Å². The molecule has 6 rings (SSSR count). The van der Waals surface area contributed by atoms with Gasteiger partial charge in [-0.3, -0.25) is 0 Å². The molecule has 48 heavy (non-hydrogen) atoms. The fourth-order valence-electron chi connectivity index (χ4n) is 7.17. The van der Waals surface area contributed by atoms with Crippen LogP contribution in [0.2, 0.25) is 0 Å². The Bertz CT molecular complexity index is 1670. The average molecular weight is 634 g/mol. The molecule has 0 aromatic heterocycles. The van der Waals surface area contributed by atoms with Crippen LogP contribution < -0.4 is 14.7 Å². The van der Waals surface area contributed by atoms with E-state index in [1.807, 2.05) is 0 Å². The van der Waals surface area contributed by atoms with Crippen molar-refractivity contribution in [1.82, 2.24) is 0 Å². The summed E-state index contributed by atoms with van der Waals surface area (Å²) in [5.74, 6) is 1.57. The van der Waals surface area contributed by atoms with Crippen molar-refractivity contribution in [2.24, 2.45) is 0 Å². The summed E-state index contributed by atoms with van der Waals surface area (Å²) in [6, 6.07) is 44.3. The first-order chi connectivity index (χ1) is 23.2. The van der Waals surface area contributed by atoms with Gasteiger partial charge in [-0.25, -0.2) is 0 Å². The molecule has 0 radical (unpaired) electrons. The van der Waals surface area contributed by atoms with Gasteiger partial charge in [0, 0.05) is 40.8 Å². The lowest BCUT2D eigenvalue weighted by Gasteiger charge is -2.38. The van der Waals surface area contributed by atoms with Gasteiger partial charge in [0.2, 0.25) is 0 Å². The van der Waals surface area contributed by atoms with E-state index in [1.54, 1.807) is 0 Å². The molecule has 0 fully saturated rings. The molecule has 0 spiro atoms. The van der Waals surface area contributed by atoms with Crippen LogP contribution in [0, 0.1) is 0 Å². The quantitative estimate of drug-likeness (QED) is 0.151. The van der Waals surface area contributed by atoms with Crippen LogP contribution in [0.5, 0.6) is 0 Å². The van der Waals surface area contributed by atoms with Gasteiger partial charge >= 0.3 is 0 Å². The maximum absolute atomic E-state index is 2.55. The lowest BCUT2D eigenvalue weighted by atomic mass is 9.90. The molecule has 5 aromatic rings. The molecule has 3 nitrogen and oxygen atoms in total. The smallest absolute Gasteiger partial charge is 0.136 e. The summed E-state index contributed by atoms with van der Waals surface area (Å²) in [6.45, 7) is 18.5. The van der Waals surface area contributed by atoms with Crippen molar-refractivity contribution in [1.29, 1.82) is 0 Å². The molecule has 0 aliphatic carbocycles. The van der Waals surface area contributed by atoms with Crippen LogP contribution >= 0.6 is 0 Å². The Morgan fingerprint density at radius 1 is 0.396 bits per heavy atom. The van der Waals surface area contributed by atoms with Crippen LogP contribution in [-0.4, -0.2) is 0 Å². The maximum atomic E-state index is 2.55. The molecular weight excluding hydrogens is 583 g/mol. The lowest BCUT2D eigenvalue weighted by molar-refractivity contribution is 0.701. The molecule has 0 saturated heterocycles. The second kappa shape index (κ2) is 14.2. The largest absolute Gasteiger partial charge is 0.321 e. The van der Waals surface area contributed by atoms with Crippen molar-refractivity contribution < 1.29 is 0 Å². The van der Waals surface area contributed by atoms with Gasteiger partial charge in [-0.05, 0) is 87.9 Å². The van der Waals surface area contributed by atoms with Gasteiger partial charge in [0.15, 0.2) is 0 Å². The van der Waals surface area contributed by atoms with Crippen molar-refractivity contribution in [2.75, 3.05) is 14.7 Å². The number of nitrogens with zero attached hydrogens (tertiary/aromatic N) is 3. The van der Waals surface area contributed by atoms with Crippen LogP contribution in [0.1, 0.15) is 113 Å². The number of hydrogen-bond acceptors (Lipinski definition) is 3. The van der Waals surface area contributed by atoms with Crippen molar-refractivity contribution in [3.63, 3.8) is 0 Å². The third-order valence-corrected chi connectivity index (χ3v) is 9.59. The molecule has 0 N–H and O–H groups in total. The van der Waals surface area contributed by atoms with Gasteiger partial charge in [0.25, 0.3) is 0 Å². The Labute approximate surface area is 289 Å². The number of rotatable bonds is 10. The highest BCUT2D eigenvalue weighted by atomic mass is 15.4. The van der Waals surface area contributed by atoms with Gasteiger partial charge in [-0.2, -0.15) is 0 Å². The predicted octanol–water partition coefficient (Wildman–Crippen LogP) is 13.1. The van der Waals surface area contributed by atoms with Gasteiger partial charge in [-0.1, -0.05) is 140 Å². The van der Waals surface area contributed by atoms with Crippen LogP contribution in [-0.2, 0) is 0 Å². The van der Waals surface area contributed by atoms with E-state index in [1.165, 1.54) is 39.2 Å². The standard InChI is InChI=1S/C45H51N3/c1-31(2)39-21-15-22-40(32(3)4)43(39)46-29-30-47(44-41(33(5)6)23-16-24-42(44)34(7)8)45(46)35-25-27-38(28-26-35)48(36-17-11-9-12-18-36)37-19-13-10-14-20-37/h9-34,45H,1-8H3. The maximum Gasteiger partial charge on any atom is 0.136 e. The lowest BCUT2D eigenvalue weighted by Crippen LogP contribution is -2.33. The SMILES string of the molecule is CC(C)c1cccc(C(C)C)c1N1C=CN(c2c(C(C)C)cccc2C(C)C)C1c1ccc(N(c2ccccc2)c2ccccc2)cc1. The molecule has 5 aromatic carbocycles. The zero-order chi connectivity index (χ0) is 33.9. The van der Waals surface area contributed by atoms with Crippen LogP contribution in [0.15, 0.2) is 134 Å². The highest BCUT2D eigenvalue weighted by Crippen LogP contribution is 2.48. The molecule has 0 saturated carbocycles. The van der Waals surface area contributed by atoms with Crippen LogP contribution in [0.25, 0.3) is 0 Å². The fraction of sp³-hybridized carbons (Fsp3) is 0.289. The van der Waals surface area contributed by atoms with Gasteiger partial charge < -0.3 is 14.7 Å². The molecular formula is C45H51N3. The fourth-order valence-corrected chi connectivity index (χ4v) is 7.17. The minimum atomic E-state index is -0.0456. The summed E-state index contributed by atoms with van der Waals surface area (Å²) in [4.78, 5) is 7.43. The number of anilines is 5. The molecule has 0 atom stereocenters. The molecule has 3 heteroatoms. The van der Waals surface area contributed by atoms with E-state index in [4.69, 9.17) is 0 Å². The van der Waals surface area contributed by atoms with Crippen LogP contribution in [0.3, 0.4) is 0 Å². The molecule has 0 unspecified atom stereocenters. The van der Waals surface area contributed by atoms with Gasteiger partial charge in [0.05, 0.1) is 0 Å². The minimum Gasteiger partial charge on any atom is -0.321 e. The summed E-state index contributed by atoms with van der Waals surface area (Å²) in [5, 5.41) is 0. The van der Waals surface area contributed by atoms with E-state index in [9.17, 15) is 0 Å². The Morgan fingerprint density at radius 2 is 0.729 bits per heavy atom. The Hall–Kier alpha value is -4.76. The Balaban J connectivity index is 1.54. The van der Waals surface area contributed by atoms with Crippen molar-refractivity contribution in [3.8, 4) is 0 Å². The molecule has 0 amide bonds. The van der Waals surface area contributed by atoms with Crippen molar-refractivity contribution in [3.05, 3.63) is 162 Å². The number of para-hydroxylation sites is 4. The summed E-state index contributed by atoms with van der Waals surface area (Å²) in [5.41, 5.74) is 12.9. The van der Waals surface area contributed by atoms with E-state index in [0.29, 0.717) is 23.7 Å².